The van der Waals surface area contributed by atoms with Crippen LogP contribution in [0.2, 0.25) is 0 Å². The molecule has 3 nitrogen and oxygen atoms in total. The van der Waals surface area contributed by atoms with Gasteiger partial charge in [0, 0.05) is 11.1 Å². The summed E-state index contributed by atoms with van der Waals surface area (Å²) in [5, 5.41) is 16.0. The fraction of sp³-hybridized carbons (Fsp3) is 0. The standard InChI is InChI=1S/C18H11BrN2OS/c19-17-9-12(11-23-17)8-14(10-20)18(22)21-16-7-3-5-13-4-1-2-6-15(13)16/h1-9,11H,(H,21,22)/b14-8+. The lowest BCUT2D eigenvalue weighted by Crippen LogP contribution is -2.13. The van der Waals surface area contributed by atoms with Crippen molar-refractivity contribution >= 4 is 55.7 Å². The molecule has 1 amide bonds. The van der Waals surface area contributed by atoms with Gasteiger partial charge in [-0.25, -0.2) is 0 Å². The van der Waals surface area contributed by atoms with Crippen molar-refractivity contribution in [2.75, 3.05) is 5.32 Å². The predicted octanol–water partition coefficient (Wildman–Crippen LogP) is 5.21. The second-order valence-electron chi connectivity index (χ2n) is 4.83. The Hall–Kier alpha value is -2.42. The smallest absolute Gasteiger partial charge is 0.266 e. The Morgan fingerprint density at radius 3 is 2.74 bits per heavy atom. The van der Waals surface area contributed by atoms with Crippen molar-refractivity contribution in [2.24, 2.45) is 0 Å². The Morgan fingerprint density at radius 2 is 2.00 bits per heavy atom. The van der Waals surface area contributed by atoms with E-state index in [0.717, 1.165) is 20.1 Å². The predicted molar refractivity (Wildman–Crippen MR) is 98.2 cm³/mol. The first-order chi connectivity index (χ1) is 11.2. The van der Waals surface area contributed by atoms with Crippen molar-refractivity contribution in [1.29, 1.82) is 5.26 Å². The summed E-state index contributed by atoms with van der Waals surface area (Å²) < 4.78 is 0.954. The van der Waals surface area contributed by atoms with Crippen molar-refractivity contribution in [3.8, 4) is 6.07 Å². The molecule has 2 aromatic carbocycles. The summed E-state index contributed by atoms with van der Waals surface area (Å²) in [5.41, 5.74) is 1.59. The number of carbonyl (C=O) groups is 1. The number of fused-ring (bicyclic) bond motifs is 1. The molecule has 0 aliphatic heterocycles. The van der Waals surface area contributed by atoms with Crippen LogP contribution >= 0.6 is 27.3 Å². The molecule has 5 heteroatoms. The van der Waals surface area contributed by atoms with E-state index in [4.69, 9.17) is 0 Å². The first-order valence-corrected chi connectivity index (χ1v) is 8.49. The zero-order valence-electron chi connectivity index (χ0n) is 11.9. The summed E-state index contributed by atoms with van der Waals surface area (Å²) in [6, 6.07) is 17.3. The first-order valence-electron chi connectivity index (χ1n) is 6.82. The normalized spacial score (nSPS) is 11.2. The van der Waals surface area contributed by atoms with Crippen LogP contribution < -0.4 is 5.32 Å². The Bertz CT molecular complexity index is 948. The molecule has 23 heavy (non-hydrogen) atoms. The Morgan fingerprint density at radius 1 is 1.22 bits per heavy atom. The molecule has 0 unspecified atom stereocenters. The van der Waals surface area contributed by atoms with Crippen LogP contribution in [-0.4, -0.2) is 5.91 Å². The fourth-order valence-corrected chi connectivity index (χ4v) is 3.37. The Balaban J connectivity index is 1.90. The van der Waals surface area contributed by atoms with Crippen molar-refractivity contribution in [1.82, 2.24) is 0 Å². The first kappa shape index (κ1) is 15.5. The van der Waals surface area contributed by atoms with Gasteiger partial charge < -0.3 is 5.32 Å². The van der Waals surface area contributed by atoms with Crippen LogP contribution in [0.1, 0.15) is 5.56 Å². The van der Waals surface area contributed by atoms with Gasteiger partial charge in [-0.2, -0.15) is 5.26 Å². The van der Waals surface area contributed by atoms with E-state index in [1.807, 2.05) is 60.0 Å². The number of nitrogens with one attached hydrogen (secondary N) is 1. The minimum Gasteiger partial charge on any atom is -0.321 e. The zero-order valence-corrected chi connectivity index (χ0v) is 14.3. The molecule has 3 aromatic rings. The second-order valence-corrected chi connectivity index (χ2v) is 7.13. The maximum atomic E-state index is 12.4. The van der Waals surface area contributed by atoms with E-state index in [-0.39, 0.29) is 5.57 Å². The maximum absolute atomic E-state index is 12.4. The number of nitrogens with zero attached hydrogens (tertiary/aromatic N) is 1. The number of anilines is 1. The van der Waals surface area contributed by atoms with Gasteiger partial charge >= 0.3 is 0 Å². The van der Waals surface area contributed by atoms with Crippen LogP contribution in [-0.2, 0) is 4.79 Å². The number of rotatable bonds is 3. The molecule has 0 atom stereocenters. The highest BCUT2D eigenvalue weighted by molar-refractivity contribution is 9.11. The average Bonchev–Trinajstić information content (AvgIpc) is 2.98. The number of benzene rings is 2. The van der Waals surface area contributed by atoms with Gasteiger partial charge in [-0.05, 0) is 50.5 Å². The van der Waals surface area contributed by atoms with Crippen molar-refractivity contribution in [2.45, 2.75) is 0 Å². The van der Waals surface area contributed by atoms with Crippen LogP contribution in [0.5, 0.6) is 0 Å². The lowest BCUT2D eigenvalue weighted by Gasteiger charge is -2.08. The molecule has 0 bridgehead atoms. The van der Waals surface area contributed by atoms with E-state index in [9.17, 15) is 10.1 Å². The third-order valence-corrected chi connectivity index (χ3v) is 4.82. The van der Waals surface area contributed by atoms with Crippen molar-refractivity contribution in [3.63, 3.8) is 0 Å². The molecule has 0 aliphatic rings. The fourth-order valence-electron chi connectivity index (χ4n) is 2.24. The quantitative estimate of drug-likeness (QED) is 0.499. The minimum atomic E-state index is -0.411. The Labute approximate surface area is 146 Å². The van der Waals surface area contributed by atoms with Gasteiger partial charge in [0.15, 0.2) is 0 Å². The van der Waals surface area contributed by atoms with E-state index in [1.54, 1.807) is 6.08 Å². The number of hydrogen-bond acceptors (Lipinski definition) is 3. The summed E-state index contributed by atoms with van der Waals surface area (Å²) in [6.45, 7) is 0. The molecule has 0 aliphatic carbocycles. The molecule has 1 N–H and O–H groups in total. The monoisotopic (exact) mass is 382 g/mol. The molecule has 0 saturated carbocycles. The van der Waals surface area contributed by atoms with E-state index in [2.05, 4.69) is 21.2 Å². The van der Waals surface area contributed by atoms with E-state index < -0.39 is 5.91 Å². The van der Waals surface area contributed by atoms with Crippen molar-refractivity contribution < 1.29 is 4.79 Å². The third-order valence-electron chi connectivity index (χ3n) is 3.30. The number of carbonyl (C=O) groups excluding carboxylic acids is 1. The van der Waals surface area contributed by atoms with E-state index in [0.29, 0.717) is 5.69 Å². The van der Waals surface area contributed by atoms with Gasteiger partial charge in [0.1, 0.15) is 11.6 Å². The SMILES string of the molecule is N#C/C(=C\c1csc(Br)c1)C(=O)Nc1cccc2ccccc12. The molecule has 0 spiro atoms. The van der Waals surface area contributed by atoms with Crippen LogP contribution in [0.4, 0.5) is 5.69 Å². The molecule has 1 aromatic heterocycles. The van der Waals surface area contributed by atoms with Gasteiger partial charge in [-0.3, -0.25) is 4.79 Å². The topological polar surface area (TPSA) is 52.9 Å². The maximum Gasteiger partial charge on any atom is 0.266 e. The molecule has 0 saturated heterocycles. The molecule has 3 rings (SSSR count). The summed E-state index contributed by atoms with van der Waals surface area (Å²) >= 11 is 4.87. The molecular formula is C18H11BrN2OS. The molecule has 0 fully saturated rings. The number of thiophene rings is 1. The Kier molecular flexibility index (Phi) is 4.56. The largest absolute Gasteiger partial charge is 0.321 e. The minimum absolute atomic E-state index is 0.0724. The average molecular weight is 383 g/mol. The van der Waals surface area contributed by atoms with Gasteiger partial charge in [-0.15, -0.1) is 11.3 Å². The van der Waals surface area contributed by atoms with E-state index >= 15 is 0 Å². The highest BCUT2D eigenvalue weighted by Crippen LogP contribution is 2.25. The summed E-state index contributed by atoms with van der Waals surface area (Å²) in [7, 11) is 0. The molecule has 112 valence electrons. The zero-order chi connectivity index (χ0) is 16.2. The third kappa shape index (κ3) is 3.50. The van der Waals surface area contributed by atoms with Gasteiger partial charge in [0.05, 0.1) is 3.79 Å². The summed E-state index contributed by atoms with van der Waals surface area (Å²) in [5.74, 6) is -0.411. The van der Waals surface area contributed by atoms with E-state index in [1.165, 1.54) is 11.3 Å². The van der Waals surface area contributed by atoms with Crippen LogP contribution in [0.3, 0.4) is 0 Å². The highest BCUT2D eigenvalue weighted by atomic mass is 79.9. The molecule has 1 heterocycles. The lowest BCUT2D eigenvalue weighted by atomic mass is 10.1. The van der Waals surface area contributed by atoms with Crippen LogP contribution in [0.25, 0.3) is 16.8 Å². The van der Waals surface area contributed by atoms with Gasteiger partial charge in [0.25, 0.3) is 5.91 Å². The van der Waals surface area contributed by atoms with Gasteiger partial charge in [-0.1, -0.05) is 36.4 Å². The number of halogens is 1. The van der Waals surface area contributed by atoms with Crippen molar-refractivity contribution in [3.05, 3.63) is 68.8 Å². The number of nitriles is 1. The number of amides is 1. The lowest BCUT2D eigenvalue weighted by molar-refractivity contribution is -0.112. The molecule has 0 radical (unpaired) electrons. The highest BCUT2D eigenvalue weighted by Gasteiger charge is 2.11. The van der Waals surface area contributed by atoms with Crippen LogP contribution in [0.15, 0.2) is 63.3 Å². The van der Waals surface area contributed by atoms with Gasteiger partial charge in [0.2, 0.25) is 0 Å². The summed E-state index contributed by atoms with van der Waals surface area (Å²) in [6.07, 6.45) is 1.59. The van der Waals surface area contributed by atoms with Crippen LogP contribution in [0, 0.1) is 11.3 Å². The molecular weight excluding hydrogens is 372 g/mol. The number of hydrogen-bond donors (Lipinski definition) is 1. The second kappa shape index (κ2) is 6.78. The summed E-state index contributed by atoms with van der Waals surface area (Å²) in [4.78, 5) is 12.4.